The fourth-order valence-corrected chi connectivity index (χ4v) is 1.47. The fourth-order valence-electron chi connectivity index (χ4n) is 1.47. The third kappa shape index (κ3) is 4.87. The summed E-state index contributed by atoms with van der Waals surface area (Å²) in [5.41, 5.74) is 0.711. The van der Waals surface area contributed by atoms with Gasteiger partial charge in [0.25, 0.3) is 0 Å². The molecule has 17 heavy (non-hydrogen) atoms. The van der Waals surface area contributed by atoms with Gasteiger partial charge in [0.1, 0.15) is 5.75 Å². The van der Waals surface area contributed by atoms with Crippen LogP contribution in [0.5, 0.6) is 5.75 Å². The molecular weight excluding hydrogens is 220 g/mol. The number of carboxylic acids is 1. The van der Waals surface area contributed by atoms with Gasteiger partial charge in [-0.2, -0.15) is 0 Å². The summed E-state index contributed by atoms with van der Waals surface area (Å²) in [6.45, 7) is 3.88. The Hall–Kier alpha value is -1.55. The number of hydrogen-bond donors (Lipinski definition) is 2. The van der Waals surface area contributed by atoms with Crippen molar-refractivity contribution in [3.8, 4) is 5.75 Å². The molecule has 0 amide bonds. The van der Waals surface area contributed by atoms with Crippen molar-refractivity contribution < 1.29 is 19.7 Å². The number of aliphatic hydroxyl groups excluding tert-OH is 1. The first-order chi connectivity index (χ1) is 7.99. The van der Waals surface area contributed by atoms with Gasteiger partial charge in [-0.3, -0.25) is 4.79 Å². The van der Waals surface area contributed by atoms with Crippen LogP contribution in [0.15, 0.2) is 24.3 Å². The van der Waals surface area contributed by atoms with E-state index in [0.29, 0.717) is 5.56 Å². The topological polar surface area (TPSA) is 66.8 Å². The maximum absolute atomic E-state index is 10.4. The van der Waals surface area contributed by atoms with Gasteiger partial charge in [0.15, 0.2) is 0 Å². The highest BCUT2D eigenvalue weighted by molar-refractivity contribution is 5.66. The van der Waals surface area contributed by atoms with Crippen molar-refractivity contribution in [1.29, 1.82) is 0 Å². The average molecular weight is 238 g/mol. The van der Waals surface area contributed by atoms with Gasteiger partial charge in [0, 0.05) is 6.42 Å². The van der Waals surface area contributed by atoms with E-state index in [1.807, 2.05) is 13.8 Å². The molecule has 1 atom stereocenters. The number of benzene rings is 1. The molecule has 0 aliphatic rings. The van der Waals surface area contributed by atoms with Crippen LogP contribution in [0.1, 0.15) is 38.4 Å². The number of ether oxygens (including phenoxy) is 1. The molecule has 4 nitrogen and oxygen atoms in total. The quantitative estimate of drug-likeness (QED) is 0.798. The monoisotopic (exact) mass is 238 g/mol. The molecule has 0 aromatic heterocycles. The van der Waals surface area contributed by atoms with E-state index >= 15 is 0 Å². The fraction of sp³-hybridized carbons (Fsp3) is 0.462. The Balaban J connectivity index is 2.57. The molecule has 0 aliphatic carbocycles. The maximum atomic E-state index is 10.4. The van der Waals surface area contributed by atoms with Gasteiger partial charge in [0.05, 0.1) is 12.2 Å². The second-order valence-corrected chi connectivity index (χ2v) is 4.18. The molecular formula is C13H18O4. The van der Waals surface area contributed by atoms with Crippen LogP contribution in [0.2, 0.25) is 0 Å². The van der Waals surface area contributed by atoms with Crippen LogP contribution in [0, 0.1) is 0 Å². The normalized spacial score (nSPS) is 12.5. The molecule has 94 valence electrons. The van der Waals surface area contributed by atoms with E-state index in [1.54, 1.807) is 24.3 Å². The number of rotatable bonds is 6. The second-order valence-electron chi connectivity index (χ2n) is 4.18. The Morgan fingerprint density at radius 2 is 1.88 bits per heavy atom. The van der Waals surface area contributed by atoms with E-state index in [0.717, 1.165) is 5.75 Å². The third-order valence-electron chi connectivity index (χ3n) is 2.27. The zero-order chi connectivity index (χ0) is 12.8. The van der Waals surface area contributed by atoms with Crippen LogP contribution < -0.4 is 4.74 Å². The van der Waals surface area contributed by atoms with E-state index in [-0.39, 0.29) is 18.9 Å². The largest absolute Gasteiger partial charge is 0.491 e. The van der Waals surface area contributed by atoms with Gasteiger partial charge in [0.2, 0.25) is 0 Å². The van der Waals surface area contributed by atoms with Crippen molar-refractivity contribution in [2.24, 2.45) is 0 Å². The smallest absolute Gasteiger partial charge is 0.303 e. The van der Waals surface area contributed by atoms with E-state index in [9.17, 15) is 9.90 Å². The van der Waals surface area contributed by atoms with Gasteiger partial charge < -0.3 is 14.9 Å². The number of carboxylic acid groups (broad SMARTS) is 1. The minimum Gasteiger partial charge on any atom is -0.491 e. The SMILES string of the molecule is CC(C)Oc1ccc(C(O)CCC(=O)O)cc1. The Labute approximate surface area is 101 Å². The van der Waals surface area contributed by atoms with Gasteiger partial charge in [-0.25, -0.2) is 0 Å². The van der Waals surface area contributed by atoms with Crippen LogP contribution in [0.4, 0.5) is 0 Å². The number of aliphatic carboxylic acids is 1. The molecule has 1 aromatic rings. The predicted octanol–water partition coefficient (Wildman–Crippen LogP) is 2.37. The van der Waals surface area contributed by atoms with Crippen molar-refractivity contribution in [2.45, 2.75) is 38.9 Å². The van der Waals surface area contributed by atoms with Crippen LogP contribution in [-0.4, -0.2) is 22.3 Å². The molecule has 1 unspecified atom stereocenters. The second kappa shape index (κ2) is 6.25. The molecule has 0 spiro atoms. The van der Waals surface area contributed by atoms with Gasteiger partial charge in [-0.05, 0) is 38.0 Å². The van der Waals surface area contributed by atoms with Crippen LogP contribution >= 0.6 is 0 Å². The van der Waals surface area contributed by atoms with Crippen molar-refractivity contribution >= 4 is 5.97 Å². The molecule has 1 aromatic carbocycles. The Morgan fingerprint density at radius 3 is 2.35 bits per heavy atom. The van der Waals surface area contributed by atoms with Gasteiger partial charge in [-0.1, -0.05) is 12.1 Å². The van der Waals surface area contributed by atoms with Crippen molar-refractivity contribution in [3.63, 3.8) is 0 Å². The lowest BCUT2D eigenvalue weighted by Crippen LogP contribution is -2.06. The summed E-state index contributed by atoms with van der Waals surface area (Å²) in [5.74, 6) is -0.155. The first-order valence-corrected chi connectivity index (χ1v) is 5.65. The van der Waals surface area contributed by atoms with E-state index in [2.05, 4.69) is 0 Å². The van der Waals surface area contributed by atoms with Crippen molar-refractivity contribution in [3.05, 3.63) is 29.8 Å². The summed E-state index contributed by atoms with van der Waals surface area (Å²) < 4.78 is 5.47. The Morgan fingerprint density at radius 1 is 1.29 bits per heavy atom. The van der Waals surface area contributed by atoms with E-state index in [1.165, 1.54) is 0 Å². The van der Waals surface area contributed by atoms with Crippen molar-refractivity contribution in [2.75, 3.05) is 0 Å². The molecule has 0 heterocycles. The van der Waals surface area contributed by atoms with Crippen LogP contribution in [-0.2, 0) is 4.79 Å². The lowest BCUT2D eigenvalue weighted by Gasteiger charge is -2.12. The molecule has 0 saturated carbocycles. The summed E-state index contributed by atoms with van der Waals surface area (Å²) in [6.07, 6.45) is -0.442. The Bertz CT molecular complexity index is 356. The highest BCUT2D eigenvalue weighted by Gasteiger charge is 2.09. The molecule has 0 radical (unpaired) electrons. The van der Waals surface area contributed by atoms with E-state index in [4.69, 9.17) is 9.84 Å². The minimum atomic E-state index is -0.899. The lowest BCUT2D eigenvalue weighted by atomic mass is 10.1. The molecule has 0 bridgehead atoms. The standard InChI is InChI=1S/C13H18O4/c1-9(2)17-11-5-3-10(4-6-11)12(14)7-8-13(15)16/h3-6,9,12,14H,7-8H2,1-2H3,(H,15,16). The summed E-state index contributed by atoms with van der Waals surface area (Å²) >= 11 is 0. The highest BCUT2D eigenvalue weighted by atomic mass is 16.5. The number of carbonyl (C=O) groups is 1. The molecule has 1 rings (SSSR count). The molecule has 0 fully saturated rings. The lowest BCUT2D eigenvalue weighted by molar-refractivity contribution is -0.137. The molecule has 0 aliphatic heterocycles. The first kappa shape index (κ1) is 13.5. The zero-order valence-corrected chi connectivity index (χ0v) is 10.1. The number of aliphatic hydroxyl groups is 1. The summed E-state index contributed by atoms with van der Waals surface area (Å²) in [6, 6.07) is 7.06. The first-order valence-electron chi connectivity index (χ1n) is 5.65. The summed E-state index contributed by atoms with van der Waals surface area (Å²) in [4.78, 5) is 10.4. The van der Waals surface area contributed by atoms with Crippen LogP contribution in [0.25, 0.3) is 0 Å². The average Bonchev–Trinajstić information content (AvgIpc) is 2.26. The van der Waals surface area contributed by atoms with Gasteiger partial charge in [-0.15, -0.1) is 0 Å². The molecule has 0 saturated heterocycles. The Kier molecular flexibility index (Phi) is 4.97. The maximum Gasteiger partial charge on any atom is 0.303 e. The van der Waals surface area contributed by atoms with Crippen molar-refractivity contribution in [1.82, 2.24) is 0 Å². The minimum absolute atomic E-state index is 0.0363. The van der Waals surface area contributed by atoms with Crippen LogP contribution in [0.3, 0.4) is 0 Å². The summed E-state index contributed by atoms with van der Waals surface area (Å²) in [7, 11) is 0. The predicted molar refractivity (Wildman–Crippen MR) is 64.0 cm³/mol. The highest BCUT2D eigenvalue weighted by Crippen LogP contribution is 2.21. The third-order valence-corrected chi connectivity index (χ3v) is 2.27. The molecule has 4 heteroatoms. The zero-order valence-electron chi connectivity index (χ0n) is 10.1. The molecule has 2 N–H and O–H groups in total. The van der Waals surface area contributed by atoms with E-state index < -0.39 is 12.1 Å². The number of hydrogen-bond acceptors (Lipinski definition) is 3. The van der Waals surface area contributed by atoms with Gasteiger partial charge >= 0.3 is 5.97 Å². The summed E-state index contributed by atoms with van der Waals surface area (Å²) in [5, 5.41) is 18.3.